The largest absolute Gasteiger partial charge is 0.341 e. The minimum absolute atomic E-state index is 0.0615. The second kappa shape index (κ2) is 7.77. The molecule has 0 fully saturated rings. The number of nitrogens with one attached hydrogen (secondary N) is 1. The highest BCUT2D eigenvalue weighted by Gasteiger charge is 2.16. The first-order valence-corrected chi connectivity index (χ1v) is 9.40. The SMILES string of the molecule is CN(CCCc1cc(-c2ccccc2)n[nH]1)C(=O)c1sccc1Br. The third-order valence-corrected chi connectivity index (χ3v) is 5.62. The molecule has 3 rings (SSSR count). The summed E-state index contributed by atoms with van der Waals surface area (Å²) in [4.78, 5) is 14.9. The molecule has 1 amide bonds. The van der Waals surface area contributed by atoms with Gasteiger partial charge in [-0.1, -0.05) is 30.3 Å². The fourth-order valence-corrected chi connectivity index (χ4v) is 4.01. The third kappa shape index (κ3) is 3.94. The molecule has 0 saturated heterocycles. The maximum atomic E-state index is 12.3. The van der Waals surface area contributed by atoms with E-state index < -0.39 is 0 Å². The van der Waals surface area contributed by atoms with Crippen molar-refractivity contribution in [2.24, 2.45) is 0 Å². The molecule has 2 aromatic heterocycles. The zero-order valence-corrected chi connectivity index (χ0v) is 15.7. The van der Waals surface area contributed by atoms with Crippen LogP contribution in [0.3, 0.4) is 0 Å². The normalized spacial score (nSPS) is 10.8. The first kappa shape index (κ1) is 16.9. The minimum atomic E-state index is 0.0615. The molecule has 0 unspecified atom stereocenters. The van der Waals surface area contributed by atoms with Crippen molar-refractivity contribution in [3.05, 3.63) is 62.9 Å². The summed E-state index contributed by atoms with van der Waals surface area (Å²) in [5.74, 6) is 0.0615. The van der Waals surface area contributed by atoms with E-state index in [4.69, 9.17) is 0 Å². The highest BCUT2D eigenvalue weighted by Crippen LogP contribution is 2.24. The van der Waals surface area contributed by atoms with Crippen molar-refractivity contribution < 1.29 is 4.79 Å². The molecule has 0 spiro atoms. The van der Waals surface area contributed by atoms with Crippen molar-refractivity contribution in [1.29, 1.82) is 0 Å². The number of nitrogens with zero attached hydrogens (tertiary/aromatic N) is 2. The van der Waals surface area contributed by atoms with Gasteiger partial charge >= 0.3 is 0 Å². The Morgan fingerprint density at radius 3 is 2.79 bits per heavy atom. The van der Waals surface area contributed by atoms with Crippen LogP contribution in [-0.2, 0) is 6.42 Å². The van der Waals surface area contributed by atoms with Gasteiger partial charge in [-0.3, -0.25) is 9.89 Å². The van der Waals surface area contributed by atoms with Crippen molar-refractivity contribution in [1.82, 2.24) is 15.1 Å². The van der Waals surface area contributed by atoms with E-state index in [0.717, 1.165) is 39.1 Å². The molecule has 124 valence electrons. The second-order valence-electron chi connectivity index (χ2n) is 5.57. The summed E-state index contributed by atoms with van der Waals surface area (Å²) < 4.78 is 0.866. The molecule has 0 saturated carbocycles. The number of thiophene rings is 1. The van der Waals surface area contributed by atoms with Crippen LogP contribution in [0.1, 0.15) is 21.8 Å². The van der Waals surface area contributed by atoms with Crippen LogP contribution >= 0.6 is 27.3 Å². The fraction of sp³-hybridized carbons (Fsp3) is 0.222. The van der Waals surface area contributed by atoms with Gasteiger partial charge in [0.15, 0.2) is 0 Å². The molecule has 1 aromatic carbocycles. The van der Waals surface area contributed by atoms with Gasteiger partial charge in [0.05, 0.1) is 5.69 Å². The molecule has 2 heterocycles. The highest BCUT2D eigenvalue weighted by atomic mass is 79.9. The van der Waals surface area contributed by atoms with E-state index >= 15 is 0 Å². The van der Waals surface area contributed by atoms with Crippen molar-refractivity contribution in [3.63, 3.8) is 0 Å². The third-order valence-electron chi connectivity index (χ3n) is 3.80. The molecule has 0 radical (unpaired) electrons. The quantitative estimate of drug-likeness (QED) is 0.653. The van der Waals surface area contributed by atoms with Gasteiger partial charge in [-0.25, -0.2) is 0 Å². The van der Waals surface area contributed by atoms with Crippen LogP contribution in [0, 0.1) is 0 Å². The molecular formula is C18H18BrN3OS. The summed E-state index contributed by atoms with van der Waals surface area (Å²) in [6.07, 6.45) is 1.75. The van der Waals surface area contributed by atoms with E-state index in [0.29, 0.717) is 6.54 Å². The number of hydrogen-bond acceptors (Lipinski definition) is 3. The average molecular weight is 404 g/mol. The maximum Gasteiger partial charge on any atom is 0.264 e. The molecule has 3 aromatic rings. The molecule has 0 atom stereocenters. The Morgan fingerprint density at radius 1 is 1.29 bits per heavy atom. The number of benzene rings is 1. The van der Waals surface area contributed by atoms with Crippen LogP contribution in [0.15, 0.2) is 52.3 Å². The van der Waals surface area contributed by atoms with Crippen LogP contribution in [0.4, 0.5) is 0 Å². The summed E-state index contributed by atoms with van der Waals surface area (Å²) in [6, 6.07) is 14.1. The van der Waals surface area contributed by atoms with Crippen LogP contribution in [0.5, 0.6) is 0 Å². The number of carbonyl (C=O) groups excluding carboxylic acids is 1. The lowest BCUT2D eigenvalue weighted by molar-refractivity contribution is 0.0797. The Balaban J connectivity index is 1.53. The Labute approximate surface area is 153 Å². The lowest BCUT2D eigenvalue weighted by Crippen LogP contribution is -2.27. The summed E-state index contributed by atoms with van der Waals surface area (Å²) in [5, 5.41) is 9.36. The van der Waals surface area contributed by atoms with Crippen molar-refractivity contribution in [3.8, 4) is 11.3 Å². The van der Waals surface area contributed by atoms with Gasteiger partial charge in [0.25, 0.3) is 5.91 Å². The molecule has 1 N–H and O–H groups in total. The summed E-state index contributed by atoms with van der Waals surface area (Å²) in [7, 11) is 1.84. The summed E-state index contributed by atoms with van der Waals surface area (Å²) >= 11 is 4.88. The highest BCUT2D eigenvalue weighted by molar-refractivity contribution is 9.10. The van der Waals surface area contributed by atoms with Gasteiger partial charge in [0.1, 0.15) is 4.88 Å². The van der Waals surface area contributed by atoms with Gasteiger partial charge in [-0.2, -0.15) is 5.10 Å². The number of halogens is 1. The van der Waals surface area contributed by atoms with E-state index in [1.807, 2.05) is 48.8 Å². The smallest absolute Gasteiger partial charge is 0.264 e. The number of aryl methyl sites for hydroxylation is 1. The maximum absolute atomic E-state index is 12.3. The lowest BCUT2D eigenvalue weighted by atomic mass is 10.1. The number of H-pyrrole nitrogens is 1. The Morgan fingerprint density at radius 2 is 2.08 bits per heavy atom. The predicted molar refractivity (Wildman–Crippen MR) is 101 cm³/mol. The Hall–Kier alpha value is -1.92. The summed E-state index contributed by atoms with van der Waals surface area (Å²) in [5.41, 5.74) is 3.15. The lowest BCUT2D eigenvalue weighted by Gasteiger charge is -2.16. The van der Waals surface area contributed by atoms with Crippen molar-refractivity contribution in [2.75, 3.05) is 13.6 Å². The van der Waals surface area contributed by atoms with Crippen LogP contribution in [0.25, 0.3) is 11.3 Å². The zero-order valence-electron chi connectivity index (χ0n) is 13.3. The Kier molecular flexibility index (Phi) is 5.48. The predicted octanol–water partition coefficient (Wildman–Crippen LogP) is 4.61. The van der Waals surface area contributed by atoms with Crippen LogP contribution < -0.4 is 0 Å². The Bertz CT molecular complexity index is 813. The van der Waals surface area contributed by atoms with Gasteiger partial charge in [-0.05, 0) is 46.3 Å². The van der Waals surface area contributed by atoms with E-state index in [9.17, 15) is 4.79 Å². The van der Waals surface area contributed by atoms with Crippen molar-refractivity contribution >= 4 is 33.2 Å². The monoisotopic (exact) mass is 403 g/mol. The average Bonchev–Trinajstić information content (AvgIpc) is 3.24. The van der Waals surface area contributed by atoms with E-state index in [1.54, 1.807) is 4.90 Å². The molecule has 0 aliphatic heterocycles. The van der Waals surface area contributed by atoms with E-state index in [-0.39, 0.29) is 5.91 Å². The van der Waals surface area contributed by atoms with Gasteiger partial charge < -0.3 is 4.90 Å². The van der Waals surface area contributed by atoms with Gasteiger partial charge in [-0.15, -0.1) is 11.3 Å². The number of amides is 1. The number of aromatic amines is 1. The molecule has 24 heavy (non-hydrogen) atoms. The van der Waals surface area contributed by atoms with Gasteiger partial charge in [0.2, 0.25) is 0 Å². The fourth-order valence-electron chi connectivity index (χ4n) is 2.47. The van der Waals surface area contributed by atoms with E-state index in [2.05, 4.69) is 32.2 Å². The summed E-state index contributed by atoms with van der Waals surface area (Å²) in [6.45, 7) is 0.711. The number of aromatic nitrogens is 2. The molecule has 0 bridgehead atoms. The van der Waals surface area contributed by atoms with Crippen LogP contribution in [-0.4, -0.2) is 34.6 Å². The minimum Gasteiger partial charge on any atom is -0.341 e. The standard InChI is InChI=1S/C18H18BrN3OS/c1-22(18(23)17-15(19)9-11-24-17)10-5-8-14-12-16(21-20-14)13-6-3-2-4-7-13/h2-4,6-7,9,11-12H,5,8,10H2,1H3,(H,20,21). The van der Waals surface area contributed by atoms with Gasteiger partial charge in [0, 0.05) is 29.3 Å². The first-order valence-electron chi connectivity index (χ1n) is 7.73. The molecule has 4 nitrogen and oxygen atoms in total. The zero-order chi connectivity index (χ0) is 16.9. The van der Waals surface area contributed by atoms with Crippen LogP contribution in [0.2, 0.25) is 0 Å². The number of carbonyl (C=O) groups is 1. The molecule has 0 aliphatic rings. The number of hydrogen-bond donors (Lipinski definition) is 1. The number of rotatable bonds is 6. The van der Waals surface area contributed by atoms with Crippen molar-refractivity contribution in [2.45, 2.75) is 12.8 Å². The topological polar surface area (TPSA) is 49.0 Å². The van der Waals surface area contributed by atoms with E-state index in [1.165, 1.54) is 11.3 Å². The molecular weight excluding hydrogens is 386 g/mol. The molecule has 0 aliphatic carbocycles. The second-order valence-corrected chi connectivity index (χ2v) is 7.34. The first-order chi connectivity index (χ1) is 11.6. The molecule has 6 heteroatoms.